The van der Waals surface area contributed by atoms with Crippen LogP contribution in [-0.4, -0.2) is 27.6 Å². The van der Waals surface area contributed by atoms with Gasteiger partial charge in [-0.3, -0.25) is 4.79 Å². The summed E-state index contributed by atoms with van der Waals surface area (Å²) in [4.78, 5) is 22.5. The van der Waals surface area contributed by atoms with E-state index in [2.05, 4.69) is 15.3 Å². The molecule has 0 bridgehead atoms. The van der Waals surface area contributed by atoms with Gasteiger partial charge in [-0.05, 0) is 55.8 Å². The number of rotatable bonds is 7. The maximum Gasteiger partial charge on any atom is 0.173 e. The quantitative estimate of drug-likeness (QED) is 0.175. The number of benzene rings is 2. The van der Waals surface area contributed by atoms with Gasteiger partial charge in [-0.15, -0.1) is 11.3 Å². The van der Waals surface area contributed by atoms with Crippen LogP contribution in [0.5, 0.6) is 5.75 Å². The second-order valence-electron chi connectivity index (χ2n) is 6.92. The van der Waals surface area contributed by atoms with Gasteiger partial charge in [-0.1, -0.05) is 35.5 Å². The molecule has 0 aliphatic carbocycles. The molecule has 2 aromatic carbocycles. The van der Waals surface area contributed by atoms with Gasteiger partial charge in [0, 0.05) is 21.5 Å². The van der Waals surface area contributed by atoms with E-state index in [-0.39, 0.29) is 11.9 Å². The lowest BCUT2D eigenvalue weighted by Gasteiger charge is -2.10. The number of ether oxygens (including phenoxy) is 1. The highest BCUT2D eigenvalue weighted by Crippen LogP contribution is 2.38. The number of nitrogens with zero attached hydrogens (tertiary/aromatic N) is 2. The summed E-state index contributed by atoms with van der Waals surface area (Å²) in [6.07, 6.45) is 1.65. The van der Waals surface area contributed by atoms with Crippen LogP contribution < -0.4 is 4.74 Å². The Morgan fingerprint density at radius 2 is 1.83 bits per heavy atom. The van der Waals surface area contributed by atoms with Crippen LogP contribution >= 0.6 is 34.7 Å². The van der Waals surface area contributed by atoms with E-state index in [4.69, 9.17) is 16.3 Å². The number of Topliss-reactive ketones (excluding diaryl/α,β-unsaturated/α-hetero) is 1. The van der Waals surface area contributed by atoms with Gasteiger partial charge in [0.05, 0.1) is 17.2 Å². The zero-order chi connectivity index (χ0) is 21.1. The number of carbonyl (C=O) groups is 1. The summed E-state index contributed by atoms with van der Waals surface area (Å²) in [6, 6.07) is 15.0. The fourth-order valence-electron chi connectivity index (χ4n) is 3.01. The van der Waals surface area contributed by atoms with E-state index in [0.717, 1.165) is 32.1 Å². The number of halogens is 1. The van der Waals surface area contributed by atoms with Crippen LogP contribution in [-0.2, 0) is 0 Å². The van der Waals surface area contributed by atoms with Crippen molar-refractivity contribution in [2.45, 2.75) is 25.0 Å². The van der Waals surface area contributed by atoms with E-state index in [1.54, 1.807) is 29.8 Å². The Hall–Kier alpha value is -2.41. The predicted molar refractivity (Wildman–Crippen MR) is 125 cm³/mol. The Morgan fingerprint density at radius 3 is 2.53 bits per heavy atom. The number of aromatic nitrogens is 2. The van der Waals surface area contributed by atoms with Gasteiger partial charge in [-0.25, -0.2) is 9.97 Å². The topological polar surface area (TPSA) is 52.1 Å². The Bertz CT molecular complexity index is 1170. The molecule has 4 rings (SSSR count). The molecule has 0 unspecified atom stereocenters. The van der Waals surface area contributed by atoms with Crippen LogP contribution in [0.25, 0.3) is 21.3 Å². The fourth-order valence-corrected chi connectivity index (χ4v) is 5.02. The SMILES string of the molecule is CC(C)Oc1ccc(C(=O)CSc2ncnc3scc(-c4ccc(Cl)cc4)c23)cc1. The van der Waals surface area contributed by atoms with Crippen molar-refractivity contribution in [3.63, 3.8) is 0 Å². The molecule has 0 atom stereocenters. The van der Waals surface area contributed by atoms with Crippen molar-refractivity contribution < 1.29 is 9.53 Å². The minimum atomic E-state index is 0.0473. The van der Waals surface area contributed by atoms with Crippen molar-refractivity contribution >= 4 is 50.7 Å². The number of ketones is 1. The normalized spacial score (nSPS) is 11.2. The molecule has 4 nitrogen and oxygen atoms in total. The zero-order valence-electron chi connectivity index (χ0n) is 16.5. The van der Waals surface area contributed by atoms with Crippen LogP contribution in [0.15, 0.2) is 65.3 Å². The molecule has 0 radical (unpaired) electrons. The summed E-state index contributed by atoms with van der Waals surface area (Å²) in [5.41, 5.74) is 2.76. The predicted octanol–water partition coefficient (Wildman–Crippen LogP) is 6.77. The number of carbonyl (C=O) groups excluding carboxylic acids is 1. The third-order valence-electron chi connectivity index (χ3n) is 4.38. The number of thioether (sulfide) groups is 1. The summed E-state index contributed by atoms with van der Waals surface area (Å²) in [5.74, 6) is 1.11. The summed E-state index contributed by atoms with van der Waals surface area (Å²) in [6.45, 7) is 3.95. The minimum Gasteiger partial charge on any atom is -0.491 e. The Labute approximate surface area is 188 Å². The molecule has 152 valence electrons. The molecule has 30 heavy (non-hydrogen) atoms. The maximum absolute atomic E-state index is 12.7. The lowest BCUT2D eigenvalue weighted by Crippen LogP contribution is -2.06. The molecule has 7 heteroatoms. The zero-order valence-corrected chi connectivity index (χ0v) is 18.9. The van der Waals surface area contributed by atoms with Gasteiger partial charge in [0.2, 0.25) is 0 Å². The lowest BCUT2D eigenvalue weighted by molar-refractivity contribution is 0.102. The second-order valence-corrected chi connectivity index (χ2v) is 9.18. The van der Waals surface area contributed by atoms with E-state index in [1.165, 1.54) is 11.8 Å². The van der Waals surface area contributed by atoms with Gasteiger partial charge in [0.15, 0.2) is 5.78 Å². The van der Waals surface area contributed by atoms with Crippen molar-refractivity contribution in [1.82, 2.24) is 9.97 Å². The van der Waals surface area contributed by atoms with Crippen LogP contribution in [0.2, 0.25) is 5.02 Å². The highest BCUT2D eigenvalue weighted by atomic mass is 35.5. The minimum absolute atomic E-state index is 0.0473. The molecule has 2 heterocycles. The van der Waals surface area contributed by atoms with E-state index in [0.29, 0.717) is 16.3 Å². The first-order valence-electron chi connectivity index (χ1n) is 9.42. The van der Waals surface area contributed by atoms with E-state index < -0.39 is 0 Å². The molecule has 0 spiro atoms. The highest BCUT2D eigenvalue weighted by Gasteiger charge is 2.15. The smallest absolute Gasteiger partial charge is 0.173 e. The van der Waals surface area contributed by atoms with Gasteiger partial charge in [-0.2, -0.15) is 0 Å². The first-order chi connectivity index (χ1) is 14.5. The van der Waals surface area contributed by atoms with E-state index >= 15 is 0 Å². The Morgan fingerprint density at radius 1 is 1.10 bits per heavy atom. The fraction of sp³-hybridized carbons (Fsp3) is 0.174. The van der Waals surface area contributed by atoms with Crippen molar-refractivity contribution in [2.75, 3.05) is 5.75 Å². The molecule has 0 saturated carbocycles. The van der Waals surface area contributed by atoms with Crippen LogP contribution in [0, 0.1) is 0 Å². The first-order valence-corrected chi connectivity index (χ1v) is 11.7. The second kappa shape index (κ2) is 9.16. The van der Waals surface area contributed by atoms with E-state index in [9.17, 15) is 4.79 Å². The maximum atomic E-state index is 12.7. The van der Waals surface area contributed by atoms with Gasteiger partial charge in [0.1, 0.15) is 21.9 Å². The molecule has 0 saturated heterocycles. The molecule has 0 N–H and O–H groups in total. The van der Waals surface area contributed by atoms with Crippen molar-refractivity contribution in [1.29, 1.82) is 0 Å². The summed E-state index contributed by atoms with van der Waals surface area (Å²) < 4.78 is 5.64. The van der Waals surface area contributed by atoms with Crippen molar-refractivity contribution in [3.8, 4) is 16.9 Å². The lowest BCUT2D eigenvalue weighted by atomic mass is 10.1. The van der Waals surface area contributed by atoms with Crippen LogP contribution in [0.3, 0.4) is 0 Å². The van der Waals surface area contributed by atoms with Crippen molar-refractivity contribution in [3.05, 3.63) is 70.8 Å². The third-order valence-corrected chi connectivity index (χ3v) is 6.51. The molecule has 0 aliphatic heterocycles. The van der Waals surface area contributed by atoms with Gasteiger partial charge in [0.25, 0.3) is 0 Å². The monoisotopic (exact) mass is 454 g/mol. The summed E-state index contributed by atoms with van der Waals surface area (Å²) in [7, 11) is 0. The van der Waals surface area contributed by atoms with E-state index in [1.807, 2.05) is 50.2 Å². The Kier molecular flexibility index (Phi) is 6.37. The standard InChI is InChI=1S/C23H19ClN2O2S2/c1-14(2)28-18-9-5-16(6-10-18)20(27)12-30-23-21-19(11-29-22(21)25-13-26-23)15-3-7-17(24)8-4-15/h3-11,13-14H,12H2,1-2H3. The summed E-state index contributed by atoms with van der Waals surface area (Å²) >= 11 is 9.03. The van der Waals surface area contributed by atoms with Gasteiger partial charge >= 0.3 is 0 Å². The molecular weight excluding hydrogens is 436 g/mol. The number of hydrogen-bond donors (Lipinski definition) is 0. The number of thiophene rings is 1. The Balaban J connectivity index is 1.55. The molecule has 0 amide bonds. The van der Waals surface area contributed by atoms with Crippen LogP contribution in [0.1, 0.15) is 24.2 Å². The average molecular weight is 455 g/mol. The largest absolute Gasteiger partial charge is 0.491 e. The number of fused-ring (bicyclic) bond motifs is 1. The van der Waals surface area contributed by atoms with Crippen molar-refractivity contribution in [2.24, 2.45) is 0 Å². The summed E-state index contributed by atoms with van der Waals surface area (Å²) in [5, 5.41) is 4.55. The molecular formula is C23H19ClN2O2S2. The molecule has 0 fully saturated rings. The highest BCUT2D eigenvalue weighted by molar-refractivity contribution is 8.00. The average Bonchev–Trinajstić information content (AvgIpc) is 3.17. The van der Waals surface area contributed by atoms with Crippen LogP contribution in [0.4, 0.5) is 0 Å². The number of hydrogen-bond acceptors (Lipinski definition) is 6. The molecule has 2 aromatic heterocycles. The first kappa shape index (κ1) is 20.8. The molecule has 0 aliphatic rings. The van der Waals surface area contributed by atoms with Gasteiger partial charge < -0.3 is 4.74 Å². The third kappa shape index (κ3) is 4.67. The molecule has 4 aromatic rings.